The number of amides is 1. The van der Waals surface area contributed by atoms with Crippen molar-refractivity contribution in [3.63, 3.8) is 0 Å². The first-order valence-electron chi connectivity index (χ1n) is 9.35. The molecular formula is C21H26N2O4S. The molecule has 150 valence electrons. The summed E-state index contributed by atoms with van der Waals surface area (Å²) < 4.78 is 33.7. The van der Waals surface area contributed by atoms with Gasteiger partial charge in [0.15, 0.2) is 6.10 Å². The maximum atomic E-state index is 13.3. The van der Waals surface area contributed by atoms with Crippen LogP contribution in [-0.2, 0) is 14.8 Å². The Labute approximate surface area is 166 Å². The summed E-state index contributed by atoms with van der Waals surface area (Å²) in [5.74, 6) is 0.320. The lowest BCUT2D eigenvalue weighted by Gasteiger charge is -2.35. The van der Waals surface area contributed by atoms with Gasteiger partial charge in [-0.25, -0.2) is 8.42 Å². The van der Waals surface area contributed by atoms with Gasteiger partial charge in [-0.2, -0.15) is 0 Å². The Morgan fingerprint density at radius 1 is 1.14 bits per heavy atom. The normalized spacial score (nSPS) is 17.6. The summed E-state index contributed by atoms with van der Waals surface area (Å²) in [6.07, 6.45) is -0.921. The number of anilines is 1. The number of carbonyl (C=O) groups is 1. The Morgan fingerprint density at radius 2 is 1.82 bits per heavy atom. The molecule has 0 saturated carbocycles. The van der Waals surface area contributed by atoms with E-state index in [0.29, 0.717) is 11.4 Å². The van der Waals surface area contributed by atoms with Crippen LogP contribution < -0.4 is 14.4 Å². The monoisotopic (exact) mass is 402 g/mol. The number of benzene rings is 2. The Kier molecular flexibility index (Phi) is 5.65. The number of ether oxygens (including phenoxy) is 1. The third kappa shape index (κ3) is 3.99. The SMILES string of the molecule is Cc1ccc2c(c1)N(S(=O)(=O)c1ccccc1)CC(C(=O)NC(C)C(C)C)O2. The van der Waals surface area contributed by atoms with E-state index in [2.05, 4.69) is 5.32 Å². The minimum atomic E-state index is -3.83. The number of fused-ring (bicyclic) bond motifs is 1. The maximum absolute atomic E-state index is 13.3. The van der Waals surface area contributed by atoms with E-state index in [1.807, 2.05) is 33.8 Å². The molecule has 6 nitrogen and oxygen atoms in total. The molecule has 28 heavy (non-hydrogen) atoms. The predicted molar refractivity (Wildman–Crippen MR) is 109 cm³/mol. The van der Waals surface area contributed by atoms with Gasteiger partial charge in [0.1, 0.15) is 5.75 Å². The average Bonchev–Trinajstić information content (AvgIpc) is 2.67. The van der Waals surface area contributed by atoms with Crippen molar-refractivity contribution in [1.82, 2.24) is 5.32 Å². The van der Waals surface area contributed by atoms with Crippen molar-refractivity contribution < 1.29 is 17.9 Å². The topological polar surface area (TPSA) is 75.7 Å². The number of nitrogens with zero attached hydrogens (tertiary/aromatic N) is 1. The van der Waals surface area contributed by atoms with E-state index in [1.165, 1.54) is 4.31 Å². The van der Waals surface area contributed by atoms with Gasteiger partial charge in [-0.15, -0.1) is 0 Å². The van der Waals surface area contributed by atoms with Crippen molar-refractivity contribution in [2.45, 2.75) is 44.7 Å². The minimum absolute atomic E-state index is 0.0466. The van der Waals surface area contributed by atoms with Crippen LogP contribution >= 0.6 is 0 Å². The molecule has 2 aromatic rings. The van der Waals surface area contributed by atoms with Gasteiger partial charge in [-0.05, 0) is 49.6 Å². The molecule has 0 aliphatic carbocycles. The second kappa shape index (κ2) is 7.83. The summed E-state index contributed by atoms with van der Waals surface area (Å²) >= 11 is 0. The highest BCUT2D eigenvalue weighted by atomic mass is 32.2. The predicted octanol–water partition coefficient (Wildman–Crippen LogP) is 3.11. The zero-order chi connectivity index (χ0) is 20.5. The molecule has 1 aliphatic rings. The zero-order valence-electron chi connectivity index (χ0n) is 16.5. The molecule has 1 N–H and O–H groups in total. The highest BCUT2D eigenvalue weighted by molar-refractivity contribution is 7.92. The van der Waals surface area contributed by atoms with Crippen LogP contribution in [0.1, 0.15) is 26.3 Å². The van der Waals surface area contributed by atoms with Gasteiger partial charge in [0.05, 0.1) is 17.1 Å². The first kappa shape index (κ1) is 20.2. The number of hydrogen-bond acceptors (Lipinski definition) is 4. The average molecular weight is 403 g/mol. The van der Waals surface area contributed by atoms with E-state index in [-0.39, 0.29) is 29.3 Å². The maximum Gasteiger partial charge on any atom is 0.264 e. The molecule has 0 bridgehead atoms. The lowest BCUT2D eigenvalue weighted by Crippen LogP contribution is -2.52. The third-order valence-corrected chi connectivity index (χ3v) is 6.77. The van der Waals surface area contributed by atoms with E-state index in [4.69, 9.17) is 4.74 Å². The number of carbonyl (C=O) groups excluding carboxylic acids is 1. The molecule has 2 unspecified atom stereocenters. The Balaban J connectivity index is 1.99. The van der Waals surface area contributed by atoms with Crippen molar-refractivity contribution in [1.29, 1.82) is 0 Å². The van der Waals surface area contributed by atoms with E-state index in [0.717, 1.165) is 5.56 Å². The van der Waals surface area contributed by atoms with E-state index < -0.39 is 16.1 Å². The van der Waals surface area contributed by atoms with Gasteiger partial charge >= 0.3 is 0 Å². The number of nitrogens with one attached hydrogen (secondary N) is 1. The van der Waals surface area contributed by atoms with Crippen LogP contribution in [0.25, 0.3) is 0 Å². The van der Waals surface area contributed by atoms with E-state index in [9.17, 15) is 13.2 Å². The highest BCUT2D eigenvalue weighted by Crippen LogP contribution is 2.37. The number of aryl methyl sites for hydroxylation is 1. The van der Waals surface area contributed by atoms with Crippen molar-refractivity contribution in [3.8, 4) is 5.75 Å². The molecule has 2 aromatic carbocycles. The summed E-state index contributed by atoms with van der Waals surface area (Å²) in [4.78, 5) is 12.9. The molecular weight excluding hydrogens is 376 g/mol. The second-order valence-electron chi connectivity index (χ2n) is 7.47. The summed E-state index contributed by atoms with van der Waals surface area (Å²) in [6, 6.07) is 13.5. The summed E-state index contributed by atoms with van der Waals surface area (Å²) in [7, 11) is -3.83. The van der Waals surface area contributed by atoms with Crippen molar-refractivity contribution in [3.05, 3.63) is 54.1 Å². The largest absolute Gasteiger partial charge is 0.476 e. The molecule has 0 aromatic heterocycles. The summed E-state index contributed by atoms with van der Waals surface area (Å²) in [5.41, 5.74) is 1.36. The number of hydrogen-bond donors (Lipinski definition) is 1. The van der Waals surface area contributed by atoms with Crippen LogP contribution in [0, 0.1) is 12.8 Å². The van der Waals surface area contributed by atoms with Crippen molar-refractivity contribution in [2.75, 3.05) is 10.8 Å². The molecule has 0 spiro atoms. The standard InChI is InChI=1S/C21H26N2O4S/c1-14(2)16(4)22-21(24)20-13-23(18-12-15(3)10-11-19(18)27-20)28(25,26)17-8-6-5-7-9-17/h5-12,14,16,20H,13H2,1-4H3,(H,22,24). The Bertz CT molecular complexity index is 958. The quantitative estimate of drug-likeness (QED) is 0.834. The highest BCUT2D eigenvalue weighted by Gasteiger charge is 2.38. The fourth-order valence-electron chi connectivity index (χ4n) is 2.93. The molecule has 1 amide bonds. The first-order chi connectivity index (χ1) is 13.2. The van der Waals surface area contributed by atoms with Crippen molar-refractivity contribution in [2.24, 2.45) is 5.92 Å². The van der Waals surface area contributed by atoms with Crippen LogP contribution in [0.5, 0.6) is 5.75 Å². The molecule has 1 heterocycles. The second-order valence-corrected chi connectivity index (χ2v) is 9.33. The van der Waals surface area contributed by atoms with Gasteiger partial charge in [0, 0.05) is 6.04 Å². The molecule has 0 radical (unpaired) electrons. The van der Waals surface area contributed by atoms with Gasteiger partial charge < -0.3 is 10.1 Å². The third-order valence-electron chi connectivity index (χ3n) is 4.98. The Morgan fingerprint density at radius 3 is 2.46 bits per heavy atom. The number of sulfonamides is 1. The Hall–Kier alpha value is -2.54. The summed E-state index contributed by atoms with van der Waals surface area (Å²) in [5, 5.41) is 2.92. The van der Waals surface area contributed by atoms with Crippen LogP contribution in [0.4, 0.5) is 5.69 Å². The fourth-order valence-corrected chi connectivity index (χ4v) is 4.42. The van der Waals surface area contributed by atoms with E-state index in [1.54, 1.807) is 42.5 Å². The lowest BCUT2D eigenvalue weighted by molar-refractivity contribution is -0.128. The fraction of sp³-hybridized carbons (Fsp3) is 0.381. The van der Waals surface area contributed by atoms with Crippen LogP contribution in [0.2, 0.25) is 0 Å². The lowest BCUT2D eigenvalue weighted by atomic mass is 10.1. The molecule has 0 fully saturated rings. The molecule has 0 saturated heterocycles. The van der Waals surface area contributed by atoms with Crippen LogP contribution in [0.15, 0.2) is 53.4 Å². The van der Waals surface area contributed by atoms with Gasteiger partial charge in [-0.3, -0.25) is 9.10 Å². The molecule has 2 atom stereocenters. The number of rotatable bonds is 5. The van der Waals surface area contributed by atoms with Gasteiger partial charge in [0.2, 0.25) is 0 Å². The minimum Gasteiger partial charge on any atom is -0.476 e. The van der Waals surface area contributed by atoms with Gasteiger partial charge in [-0.1, -0.05) is 38.1 Å². The molecule has 1 aliphatic heterocycles. The van der Waals surface area contributed by atoms with Crippen LogP contribution in [-0.4, -0.2) is 33.0 Å². The molecule has 7 heteroatoms. The van der Waals surface area contributed by atoms with Crippen molar-refractivity contribution >= 4 is 21.6 Å². The summed E-state index contributed by atoms with van der Waals surface area (Å²) in [6.45, 7) is 7.75. The zero-order valence-corrected chi connectivity index (χ0v) is 17.4. The van der Waals surface area contributed by atoms with E-state index >= 15 is 0 Å². The smallest absolute Gasteiger partial charge is 0.264 e. The van der Waals surface area contributed by atoms with Gasteiger partial charge in [0.25, 0.3) is 15.9 Å². The first-order valence-corrected chi connectivity index (χ1v) is 10.8. The van der Waals surface area contributed by atoms with Crippen LogP contribution in [0.3, 0.4) is 0 Å². The molecule has 3 rings (SSSR count).